The number of aromatic nitrogens is 2. The van der Waals surface area contributed by atoms with E-state index in [-0.39, 0.29) is 0 Å². The maximum atomic E-state index is 5.19. The number of benzene rings is 1. The van der Waals surface area contributed by atoms with Gasteiger partial charge in [-0.3, -0.25) is 0 Å². The number of nitrogens with zero attached hydrogens (tertiary/aromatic N) is 2. The fourth-order valence-electron chi connectivity index (χ4n) is 2.36. The molecule has 0 aliphatic carbocycles. The van der Waals surface area contributed by atoms with E-state index in [1.54, 1.807) is 7.11 Å². The second kappa shape index (κ2) is 7.10. The van der Waals surface area contributed by atoms with Crippen LogP contribution >= 0.6 is 0 Å². The molecule has 2 aromatic rings. The average molecular weight is 273 g/mol. The summed E-state index contributed by atoms with van der Waals surface area (Å²) in [5.41, 5.74) is 1.31. The summed E-state index contributed by atoms with van der Waals surface area (Å²) < 4.78 is 7.28. The van der Waals surface area contributed by atoms with Crippen LogP contribution in [-0.4, -0.2) is 29.2 Å². The lowest BCUT2D eigenvalue weighted by molar-refractivity contribution is 0.414. The number of aryl methyl sites for hydroxylation is 1. The molecule has 0 bridgehead atoms. The van der Waals surface area contributed by atoms with Crippen molar-refractivity contribution in [2.45, 2.75) is 25.8 Å². The van der Waals surface area contributed by atoms with E-state index >= 15 is 0 Å². The van der Waals surface area contributed by atoms with Gasteiger partial charge in [0, 0.05) is 31.9 Å². The molecule has 1 heterocycles. The molecule has 0 spiro atoms. The topological polar surface area (TPSA) is 39.1 Å². The molecule has 1 atom stereocenters. The largest absolute Gasteiger partial charge is 0.497 e. The first-order valence-electron chi connectivity index (χ1n) is 7.05. The van der Waals surface area contributed by atoms with Gasteiger partial charge < -0.3 is 14.6 Å². The zero-order valence-corrected chi connectivity index (χ0v) is 12.5. The number of hydrogen-bond donors (Lipinski definition) is 1. The highest BCUT2D eigenvalue weighted by atomic mass is 16.5. The van der Waals surface area contributed by atoms with Crippen LogP contribution in [0.5, 0.6) is 5.75 Å². The Kier molecular flexibility index (Phi) is 5.18. The van der Waals surface area contributed by atoms with Gasteiger partial charge in [0.1, 0.15) is 11.6 Å². The Labute approximate surface area is 120 Å². The number of likely N-dealkylation sites (N-methyl/N-ethyl adjacent to an activating group) is 1. The molecule has 0 saturated carbocycles. The van der Waals surface area contributed by atoms with E-state index in [0.717, 1.165) is 31.0 Å². The number of imidazole rings is 1. The fourth-order valence-corrected chi connectivity index (χ4v) is 2.36. The first kappa shape index (κ1) is 14.6. The van der Waals surface area contributed by atoms with Crippen molar-refractivity contribution < 1.29 is 4.74 Å². The minimum absolute atomic E-state index is 0.398. The summed E-state index contributed by atoms with van der Waals surface area (Å²) in [6, 6.07) is 8.68. The maximum absolute atomic E-state index is 5.19. The number of rotatable bonds is 7. The third-order valence-corrected chi connectivity index (χ3v) is 3.48. The van der Waals surface area contributed by atoms with Gasteiger partial charge in [-0.15, -0.1) is 0 Å². The highest BCUT2D eigenvalue weighted by molar-refractivity contribution is 5.27. The van der Waals surface area contributed by atoms with Gasteiger partial charge in [-0.1, -0.05) is 19.1 Å². The summed E-state index contributed by atoms with van der Waals surface area (Å²) in [4.78, 5) is 4.41. The van der Waals surface area contributed by atoms with Crippen LogP contribution in [0, 0.1) is 0 Å². The Balaban J connectivity index is 2.02. The van der Waals surface area contributed by atoms with Crippen molar-refractivity contribution in [3.8, 4) is 5.75 Å². The van der Waals surface area contributed by atoms with Crippen LogP contribution < -0.4 is 10.1 Å². The smallest absolute Gasteiger partial charge is 0.118 e. The Hall–Kier alpha value is -1.81. The quantitative estimate of drug-likeness (QED) is 0.840. The molecule has 1 unspecified atom stereocenters. The van der Waals surface area contributed by atoms with Gasteiger partial charge in [-0.25, -0.2) is 4.98 Å². The minimum Gasteiger partial charge on any atom is -0.497 e. The van der Waals surface area contributed by atoms with Crippen molar-refractivity contribution in [3.63, 3.8) is 0 Å². The fraction of sp³-hybridized carbons (Fsp3) is 0.438. The Morgan fingerprint density at radius 2 is 2.00 bits per heavy atom. The summed E-state index contributed by atoms with van der Waals surface area (Å²) in [5, 5.41) is 3.54. The summed E-state index contributed by atoms with van der Waals surface area (Å²) in [6.45, 7) is 3.10. The standard InChI is InChI=1S/C16H23N3O/c1-4-17-14(12-16-18-9-10-19(16)2)11-13-5-7-15(20-3)8-6-13/h5-10,14,17H,4,11-12H2,1-3H3. The third kappa shape index (κ3) is 3.84. The van der Waals surface area contributed by atoms with Crippen molar-refractivity contribution in [2.75, 3.05) is 13.7 Å². The van der Waals surface area contributed by atoms with Gasteiger partial charge in [-0.05, 0) is 30.7 Å². The minimum atomic E-state index is 0.398. The highest BCUT2D eigenvalue weighted by Gasteiger charge is 2.12. The van der Waals surface area contributed by atoms with Crippen LogP contribution in [-0.2, 0) is 19.9 Å². The van der Waals surface area contributed by atoms with Crippen molar-refractivity contribution in [1.29, 1.82) is 0 Å². The van der Waals surface area contributed by atoms with E-state index in [9.17, 15) is 0 Å². The van der Waals surface area contributed by atoms with Crippen molar-refractivity contribution in [2.24, 2.45) is 7.05 Å². The summed E-state index contributed by atoms with van der Waals surface area (Å²) in [7, 11) is 3.73. The Bertz CT molecular complexity index is 519. The zero-order valence-electron chi connectivity index (χ0n) is 12.5. The lowest BCUT2D eigenvalue weighted by Gasteiger charge is -2.18. The molecular formula is C16H23N3O. The van der Waals surface area contributed by atoms with Gasteiger partial charge in [0.2, 0.25) is 0 Å². The predicted molar refractivity (Wildman–Crippen MR) is 81.1 cm³/mol. The molecule has 0 amide bonds. The zero-order chi connectivity index (χ0) is 14.4. The van der Waals surface area contributed by atoms with Gasteiger partial charge in [0.25, 0.3) is 0 Å². The van der Waals surface area contributed by atoms with E-state index in [0.29, 0.717) is 6.04 Å². The van der Waals surface area contributed by atoms with Crippen LogP contribution in [0.1, 0.15) is 18.3 Å². The number of ether oxygens (including phenoxy) is 1. The average Bonchev–Trinajstić information content (AvgIpc) is 2.85. The molecule has 108 valence electrons. The molecule has 0 aliphatic heterocycles. The molecule has 0 aliphatic rings. The summed E-state index contributed by atoms with van der Waals surface area (Å²) >= 11 is 0. The molecule has 0 radical (unpaired) electrons. The third-order valence-electron chi connectivity index (χ3n) is 3.48. The Morgan fingerprint density at radius 1 is 1.25 bits per heavy atom. The molecule has 0 saturated heterocycles. The molecule has 1 N–H and O–H groups in total. The molecule has 0 fully saturated rings. The number of methoxy groups -OCH3 is 1. The molecule has 2 rings (SSSR count). The Morgan fingerprint density at radius 3 is 2.55 bits per heavy atom. The summed E-state index contributed by atoms with van der Waals surface area (Å²) in [5.74, 6) is 2.02. The lowest BCUT2D eigenvalue weighted by atomic mass is 10.0. The van der Waals surface area contributed by atoms with Crippen LogP contribution in [0.15, 0.2) is 36.7 Å². The molecule has 4 heteroatoms. The summed E-state index contributed by atoms with van der Waals surface area (Å²) in [6.07, 6.45) is 5.77. The van der Waals surface area contributed by atoms with E-state index in [1.807, 2.05) is 31.6 Å². The predicted octanol–water partition coefficient (Wildman–Crippen LogP) is 2.19. The number of hydrogen-bond acceptors (Lipinski definition) is 3. The normalized spacial score (nSPS) is 12.3. The maximum Gasteiger partial charge on any atom is 0.118 e. The second-order valence-electron chi connectivity index (χ2n) is 4.97. The molecular weight excluding hydrogens is 250 g/mol. The van der Waals surface area contributed by atoms with E-state index < -0.39 is 0 Å². The van der Waals surface area contributed by atoms with Crippen LogP contribution in [0.25, 0.3) is 0 Å². The lowest BCUT2D eigenvalue weighted by Crippen LogP contribution is -2.33. The molecule has 1 aromatic heterocycles. The molecule has 4 nitrogen and oxygen atoms in total. The molecule has 20 heavy (non-hydrogen) atoms. The van der Waals surface area contributed by atoms with Crippen LogP contribution in [0.2, 0.25) is 0 Å². The molecule has 1 aromatic carbocycles. The van der Waals surface area contributed by atoms with E-state index in [1.165, 1.54) is 5.56 Å². The van der Waals surface area contributed by atoms with Gasteiger partial charge in [-0.2, -0.15) is 0 Å². The van der Waals surface area contributed by atoms with Crippen LogP contribution in [0.3, 0.4) is 0 Å². The number of nitrogens with one attached hydrogen (secondary N) is 1. The van der Waals surface area contributed by atoms with Crippen LogP contribution in [0.4, 0.5) is 0 Å². The van der Waals surface area contributed by atoms with E-state index in [2.05, 4.69) is 33.9 Å². The van der Waals surface area contributed by atoms with Gasteiger partial charge in [0.15, 0.2) is 0 Å². The van der Waals surface area contributed by atoms with Crippen molar-refractivity contribution >= 4 is 0 Å². The highest BCUT2D eigenvalue weighted by Crippen LogP contribution is 2.14. The van der Waals surface area contributed by atoms with Crippen molar-refractivity contribution in [1.82, 2.24) is 14.9 Å². The first-order valence-corrected chi connectivity index (χ1v) is 7.05. The second-order valence-corrected chi connectivity index (χ2v) is 4.97. The van der Waals surface area contributed by atoms with Gasteiger partial charge in [0.05, 0.1) is 7.11 Å². The van der Waals surface area contributed by atoms with Gasteiger partial charge >= 0.3 is 0 Å². The first-order chi connectivity index (χ1) is 9.72. The van der Waals surface area contributed by atoms with Crippen molar-refractivity contribution in [3.05, 3.63) is 48.0 Å². The SMILES string of the molecule is CCNC(Cc1ccc(OC)cc1)Cc1nccn1C. The monoisotopic (exact) mass is 273 g/mol. The van der Waals surface area contributed by atoms with E-state index in [4.69, 9.17) is 4.74 Å².